The van der Waals surface area contributed by atoms with Crippen molar-refractivity contribution in [1.29, 1.82) is 0 Å². The molecular weight excluding hydrogens is 1220 g/mol. The minimum Gasteiger partial charge on any atom is -0.394 e. The lowest BCUT2D eigenvalue weighted by Crippen LogP contribution is -2.69. The van der Waals surface area contributed by atoms with Crippen LogP contribution in [-0.2, 0) is 66.5 Å². The molecule has 0 aromatic carbocycles. The van der Waals surface area contributed by atoms with Crippen molar-refractivity contribution < 1.29 is 138 Å². The van der Waals surface area contributed by atoms with Gasteiger partial charge in [-0.3, -0.25) is 19.2 Å². The molecule has 0 bridgehead atoms. The number of amides is 2. The molecule has 0 aromatic rings. The van der Waals surface area contributed by atoms with E-state index in [0.717, 1.165) is 25.0 Å². The topological polar surface area (TPSA) is 468 Å². The first-order valence-corrected chi connectivity index (χ1v) is 32.0. The van der Waals surface area contributed by atoms with E-state index in [2.05, 4.69) is 24.5 Å². The van der Waals surface area contributed by atoms with Gasteiger partial charge in [-0.2, -0.15) is 0 Å². The molecule has 31 atom stereocenters. The Labute approximate surface area is 533 Å². The SMILES string of the molecule is CC(=O)NC1C(O)[C@H](O)C(CO[C@@H]2OC(CO)[C@@H](O)C(O)C2O[C@@H]2OC(CO)[C@@H](O)C(O)C2O)O[C@H]1OC1C(O)[C@H](O[C@@H]2OC(CO)[C@H](O)C(O)C2NC(C)=O)CO[C@H]1O[C@H]1CC[C@@]2(C)[C@@H](CCC3=C4C(=O)C[C@H](C(C)CC(=O)C=C(C)C)[C@@]4(C)CC[C@@]32O)C1(C)C. The standard InChI is InChI=1S/C62H98N2O28/c1-24(2)16-28(70)17-25(3)30-18-31(71)39-29-10-11-37-59(6,7)38(12-13-61(37,9)62(29,82)15-14-60(30,39)8)90-58-52(46(76)36(23-84-58)89-54-40(63-26(4)68)47(77)42(72)32(19-65)85-54)91-55-41(64-27(5)69)48(78)45(75)35(88-55)22-83-57-53(50(80)44(74)34(21-67)87-57)92-56-51(81)49(79)43(73)33(20-66)86-56/h16,25,30,32-38,40-58,65-67,72-82H,10-15,17-23H2,1-9H3,(H,63,68)(H,64,69)/t25?,30-,32?,33?,34?,35?,36-,37+,38+,40?,41?,42+,43-,44-,45-,46?,47?,48?,49?,50?,51?,52?,53?,54+,55+,56+,57-,58+,60-,61+,62-/m1/s1. The van der Waals surface area contributed by atoms with E-state index >= 15 is 0 Å². The Kier molecular flexibility index (Phi) is 22.8. The fourth-order valence-corrected chi connectivity index (χ4v) is 16.7. The Morgan fingerprint density at radius 1 is 0.609 bits per heavy atom. The Morgan fingerprint density at radius 3 is 1.72 bits per heavy atom. The largest absolute Gasteiger partial charge is 0.394 e. The molecule has 92 heavy (non-hydrogen) atoms. The van der Waals surface area contributed by atoms with Crippen molar-refractivity contribution in [2.45, 2.75) is 273 Å². The van der Waals surface area contributed by atoms with Crippen LogP contribution in [0.2, 0.25) is 0 Å². The van der Waals surface area contributed by atoms with E-state index in [9.17, 15) is 90.7 Å². The third-order valence-electron chi connectivity index (χ3n) is 21.6. The summed E-state index contributed by atoms with van der Waals surface area (Å²) in [4.78, 5) is 52.8. The van der Waals surface area contributed by atoms with Gasteiger partial charge < -0.3 is 129 Å². The summed E-state index contributed by atoms with van der Waals surface area (Å²) >= 11 is 0. The molecule has 4 aliphatic carbocycles. The summed E-state index contributed by atoms with van der Waals surface area (Å²) in [6, 6.07) is -3.16. The lowest BCUT2D eigenvalue weighted by atomic mass is 9.42. The smallest absolute Gasteiger partial charge is 0.217 e. The molecule has 15 unspecified atom stereocenters. The molecule has 9 aliphatic rings. The number of hydrogen-bond acceptors (Lipinski definition) is 28. The second kappa shape index (κ2) is 28.7. The highest BCUT2D eigenvalue weighted by Crippen LogP contribution is 2.69. The van der Waals surface area contributed by atoms with Crippen LogP contribution >= 0.6 is 0 Å². The van der Waals surface area contributed by atoms with Crippen molar-refractivity contribution in [3.63, 3.8) is 0 Å². The van der Waals surface area contributed by atoms with Crippen LogP contribution in [0, 0.1) is 34.0 Å². The molecule has 5 aliphatic heterocycles. The first kappa shape index (κ1) is 73.1. The van der Waals surface area contributed by atoms with Gasteiger partial charge in [-0.15, -0.1) is 0 Å². The molecule has 30 heteroatoms. The number of ether oxygens (including phenoxy) is 10. The normalized spacial score (nSPS) is 47.3. The average molecular weight is 1320 g/mol. The van der Waals surface area contributed by atoms with E-state index in [0.29, 0.717) is 44.1 Å². The van der Waals surface area contributed by atoms with Crippen LogP contribution < -0.4 is 10.6 Å². The van der Waals surface area contributed by atoms with E-state index in [1.54, 1.807) is 6.08 Å². The zero-order valence-electron chi connectivity index (χ0n) is 53.4. The molecule has 16 N–H and O–H groups in total. The molecule has 30 nitrogen and oxygen atoms in total. The van der Waals surface area contributed by atoms with Gasteiger partial charge in [-0.1, -0.05) is 40.2 Å². The van der Waals surface area contributed by atoms with Crippen molar-refractivity contribution >= 4 is 23.4 Å². The summed E-state index contributed by atoms with van der Waals surface area (Å²) in [5.41, 5.74) is -1.27. The van der Waals surface area contributed by atoms with Crippen molar-refractivity contribution in [2.75, 3.05) is 33.0 Å². The van der Waals surface area contributed by atoms with Gasteiger partial charge in [-0.25, -0.2) is 0 Å². The molecule has 5 saturated heterocycles. The van der Waals surface area contributed by atoms with Gasteiger partial charge in [0.15, 0.2) is 43.0 Å². The molecule has 0 aromatic heterocycles. The van der Waals surface area contributed by atoms with E-state index in [-0.39, 0.29) is 42.2 Å². The van der Waals surface area contributed by atoms with E-state index in [1.807, 2.05) is 34.6 Å². The molecular formula is C62H98N2O28. The number of Topliss-reactive ketones (excluding diaryl/α,β-unsaturated/α-hetero) is 1. The van der Waals surface area contributed by atoms with Crippen LogP contribution in [0.15, 0.2) is 22.8 Å². The second-order valence-corrected chi connectivity index (χ2v) is 28.2. The molecule has 3 saturated carbocycles. The highest BCUT2D eigenvalue weighted by atomic mass is 16.8. The van der Waals surface area contributed by atoms with E-state index in [4.69, 9.17) is 47.4 Å². The number of allylic oxidation sites excluding steroid dienone is 3. The third-order valence-corrected chi connectivity index (χ3v) is 21.6. The van der Waals surface area contributed by atoms with Crippen LogP contribution in [0.5, 0.6) is 0 Å². The maximum Gasteiger partial charge on any atom is 0.217 e. The number of carbonyl (C=O) groups excluding carboxylic acids is 4. The van der Waals surface area contributed by atoms with Crippen molar-refractivity contribution in [1.82, 2.24) is 10.6 Å². The fourth-order valence-electron chi connectivity index (χ4n) is 16.7. The van der Waals surface area contributed by atoms with E-state index in [1.165, 1.54) is 0 Å². The van der Waals surface area contributed by atoms with Gasteiger partial charge in [0.25, 0.3) is 0 Å². The molecule has 524 valence electrons. The summed E-state index contributed by atoms with van der Waals surface area (Å²) in [5, 5.41) is 161. The maximum atomic E-state index is 14.4. The van der Waals surface area contributed by atoms with Gasteiger partial charge in [0.05, 0.1) is 44.7 Å². The third kappa shape index (κ3) is 13.7. The molecule has 2 amide bonds. The first-order chi connectivity index (χ1) is 43.2. The average Bonchev–Trinajstić information content (AvgIpc) is 1.15. The van der Waals surface area contributed by atoms with Gasteiger partial charge >= 0.3 is 0 Å². The summed E-state index contributed by atoms with van der Waals surface area (Å²) < 4.78 is 61.5. The van der Waals surface area contributed by atoms with Crippen LogP contribution in [0.1, 0.15) is 114 Å². The number of rotatable bonds is 20. The molecule has 0 spiro atoms. The first-order valence-electron chi connectivity index (χ1n) is 32.0. The van der Waals surface area contributed by atoms with Crippen LogP contribution in [0.3, 0.4) is 0 Å². The summed E-state index contributed by atoms with van der Waals surface area (Å²) in [7, 11) is 0. The van der Waals surface area contributed by atoms with Crippen molar-refractivity contribution in [3.8, 4) is 0 Å². The summed E-state index contributed by atoms with van der Waals surface area (Å²) in [6.07, 6.45) is -35.3. The quantitative estimate of drug-likeness (QED) is 0.0404. The van der Waals surface area contributed by atoms with Gasteiger partial charge in [-0.05, 0) is 92.6 Å². The fraction of sp³-hybridized carbons (Fsp3) is 0.871. The zero-order chi connectivity index (χ0) is 67.6. The Hall–Kier alpha value is -3.20. The van der Waals surface area contributed by atoms with Crippen LogP contribution in [0.4, 0.5) is 0 Å². The molecule has 0 radical (unpaired) electrons. The zero-order valence-corrected chi connectivity index (χ0v) is 53.4. The molecule has 9 rings (SSSR count). The van der Waals surface area contributed by atoms with Gasteiger partial charge in [0.1, 0.15) is 116 Å². The number of carbonyl (C=O) groups is 4. The minimum absolute atomic E-state index is 0.00316. The van der Waals surface area contributed by atoms with Crippen LogP contribution in [-0.4, -0.2) is 287 Å². The minimum atomic E-state index is -2.01. The number of nitrogens with one attached hydrogen (secondary N) is 2. The van der Waals surface area contributed by atoms with Crippen molar-refractivity contribution in [3.05, 3.63) is 22.8 Å². The number of ketones is 2. The number of aliphatic hydroxyl groups is 14. The van der Waals surface area contributed by atoms with Crippen LogP contribution in [0.25, 0.3) is 0 Å². The predicted octanol–water partition coefficient (Wildman–Crippen LogP) is -4.39. The van der Waals surface area contributed by atoms with Gasteiger partial charge in [0.2, 0.25) is 11.8 Å². The molecule has 8 fully saturated rings. The monoisotopic (exact) mass is 1320 g/mol. The maximum absolute atomic E-state index is 14.4. The lowest BCUT2D eigenvalue weighted by molar-refractivity contribution is -0.380. The number of fused-ring (bicyclic) bond motifs is 4. The van der Waals surface area contributed by atoms with Crippen molar-refractivity contribution in [2.24, 2.45) is 34.0 Å². The lowest BCUT2D eigenvalue weighted by Gasteiger charge is -2.65. The summed E-state index contributed by atoms with van der Waals surface area (Å²) in [5.74, 6) is -1.91. The Balaban J connectivity index is 1.00. The molecule has 5 heterocycles. The Morgan fingerprint density at radius 2 is 1.13 bits per heavy atom. The second-order valence-electron chi connectivity index (χ2n) is 28.2. The Bertz CT molecular complexity index is 2680. The highest BCUT2D eigenvalue weighted by molar-refractivity contribution is 6.01. The number of aliphatic hydroxyl groups excluding tert-OH is 13. The summed E-state index contributed by atoms with van der Waals surface area (Å²) in [6.45, 7) is 12.2. The highest BCUT2D eigenvalue weighted by Gasteiger charge is 2.68. The predicted molar refractivity (Wildman–Crippen MR) is 311 cm³/mol. The number of hydrogen-bond donors (Lipinski definition) is 16. The van der Waals surface area contributed by atoms with E-state index < -0.39 is 220 Å². The van der Waals surface area contributed by atoms with Gasteiger partial charge in [0, 0.05) is 37.7 Å².